The lowest BCUT2D eigenvalue weighted by atomic mass is 10.0. The zero-order chi connectivity index (χ0) is 31.4. The minimum atomic E-state index is -1.75. The second-order valence-corrected chi connectivity index (χ2v) is 9.47. The number of aromatic hydroxyl groups is 2. The van der Waals surface area contributed by atoms with Crippen LogP contribution in [-0.2, 0) is 41.6 Å². The van der Waals surface area contributed by atoms with E-state index < -0.39 is 66.2 Å². The molecule has 0 saturated heterocycles. The summed E-state index contributed by atoms with van der Waals surface area (Å²) in [6, 6.07) is 5.52. The van der Waals surface area contributed by atoms with E-state index in [-0.39, 0.29) is 37.2 Å². The highest BCUT2D eigenvalue weighted by molar-refractivity contribution is 5.96. The van der Waals surface area contributed by atoms with Gasteiger partial charge in [-0.15, -0.1) is 0 Å². The van der Waals surface area contributed by atoms with Gasteiger partial charge in [0.15, 0.2) is 0 Å². The van der Waals surface area contributed by atoms with E-state index in [1.54, 1.807) is 12.1 Å². The van der Waals surface area contributed by atoms with Crippen LogP contribution in [0, 0.1) is 0 Å². The first-order valence-electron chi connectivity index (χ1n) is 12.7. The Hall–Kier alpha value is -5.18. The predicted molar refractivity (Wildman–Crippen MR) is 146 cm³/mol. The third-order valence-electron chi connectivity index (χ3n) is 6.04. The number of aliphatic carboxylic acids is 2. The van der Waals surface area contributed by atoms with Crippen molar-refractivity contribution in [2.75, 3.05) is 0 Å². The van der Waals surface area contributed by atoms with Crippen molar-refractivity contribution in [3.63, 3.8) is 0 Å². The highest BCUT2D eigenvalue weighted by Gasteiger charge is 2.32. The Labute approximate surface area is 239 Å². The van der Waals surface area contributed by atoms with Crippen LogP contribution in [0.4, 0.5) is 0 Å². The van der Waals surface area contributed by atoms with Gasteiger partial charge in [0.05, 0.1) is 12.5 Å². The summed E-state index contributed by atoms with van der Waals surface area (Å²) in [6.45, 7) is 0. The number of carboxylic acid groups (broad SMARTS) is 2. The van der Waals surface area contributed by atoms with E-state index in [0.717, 1.165) is 0 Å². The van der Waals surface area contributed by atoms with Gasteiger partial charge < -0.3 is 47.8 Å². The van der Waals surface area contributed by atoms with Gasteiger partial charge in [-0.25, -0.2) is 4.79 Å². The first kappa shape index (κ1) is 33.0. The number of phenols is 2. The van der Waals surface area contributed by atoms with Crippen molar-refractivity contribution >= 4 is 35.6 Å². The molecule has 4 amide bonds. The summed E-state index contributed by atoms with van der Waals surface area (Å²) < 4.78 is 0. The molecular formula is C27H33N5O10. The van der Waals surface area contributed by atoms with E-state index >= 15 is 0 Å². The van der Waals surface area contributed by atoms with Crippen molar-refractivity contribution < 1.29 is 49.2 Å². The van der Waals surface area contributed by atoms with Gasteiger partial charge in [-0.05, 0) is 48.2 Å². The number of hydrogen-bond donors (Lipinski definition) is 9. The first-order chi connectivity index (χ1) is 19.7. The number of amides is 4. The number of benzene rings is 2. The average Bonchev–Trinajstić information content (AvgIpc) is 2.91. The Morgan fingerprint density at radius 2 is 1.12 bits per heavy atom. The summed E-state index contributed by atoms with van der Waals surface area (Å²) in [5.74, 6) is -6.73. The summed E-state index contributed by atoms with van der Waals surface area (Å²) in [7, 11) is 0. The van der Waals surface area contributed by atoms with Crippen molar-refractivity contribution in [3.8, 4) is 11.5 Å². The Morgan fingerprint density at radius 1 is 0.667 bits per heavy atom. The molecule has 0 aromatic heterocycles. The van der Waals surface area contributed by atoms with E-state index in [1.165, 1.54) is 36.4 Å². The van der Waals surface area contributed by atoms with Gasteiger partial charge in [0.1, 0.15) is 29.6 Å². The molecule has 0 fully saturated rings. The van der Waals surface area contributed by atoms with Crippen molar-refractivity contribution in [1.29, 1.82) is 0 Å². The lowest BCUT2D eigenvalue weighted by Crippen LogP contribution is -2.58. The summed E-state index contributed by atoms with van der Waals surface area (Å²) in [5.41, 5.74) is 12.2. The third-order valence-corrected chi connectivity index (χ3v) is 6.04. The minimum Gasteiger partial charge on any atom is -0.508 e. The molecule has 15 heteroatoms. The maximum atomic E-state index is 13.1. The van der Waals surface area contributed by atoms with Gasteiger partial charge in [0, 0.05) is 12.8 Å². The van der Waals surface area contributed by atoms with E-state index in [9.17, 15) is 49.2 Å². The average molecular weight is 588 g/mol. The number of primary amides is 1. The monoisotopic (exact) mass is 587 g/mol. The van der Waals surface area contributed by atoms with E-state index in [0.29, 0.717) is 11.1 Å². The number of nitrogens with two attached hydrogens (primary N) is 2. The zero-order valence-corrected chi connectivity index (χ0v) is 22.4. The number of hydrogen-bond acceptors (Lipinski definition) is 9. The number of phenolic OH excluding ortho intramolecular Hbond substituents is 2. The maximum Gasteiger partial charge on any atom is 0.326 e. The van der Waals surface area contributed by atoms with E-state index in [4.69, 9.17) is 11.5 Å². The smallest absolute Gasteiger partial charge is 0.326 e. The van der Waals surface area contributed by atoms with Gasteiger partial charge in [0.2, 0.25) is 23.6 Å². The number of rotatable bonds is 16. The van der Waals surface area contributed by atoms with Crippen LogP contribution in [0.25, 0.3) is 0 Å². The predicted octanol–water partition coefficient (Wildman–Crippen LogP) is -1.51. The molecule has 0 aliphatic rings. The van der Waals surface area contributed by atoms with Crippen LogP contribution in [0.2, 0.25) is 0 Å². The number of carbonyl (C=O) groups excluding carboxylic acids is 4. The van der Waals surface area contributed by atoms with Crippen molar-refractivity contribution in [3.05, 3.63) is 59.7 Å². The normalized spacial score (nSPS) is 13.5. The van der Waals surface area contributed by atoms with E-state index in [1.807, 2.05) is 0 Å². The van der Waals surface area contributed by atoms with Gasteiger partial charge in [-0.1, -0.05) is 24.3 Å². The Kier molecular flexibility index (Phi) is 12.2. The summed E-state index contributed by atoms with van der Waals surface area (Å²) in [4.78, 5) is 73.4. The van der Waals surface area contributed by atoms with Crippen molar-refractivity contribution in [1.82, 2.24) is 16.0 Å². The summed E-state index contributed by atoms with van der Waals surface area (Å²) in [5, 5.41) is 44.5. The Morgan fingerprint density at radius 3 is 1.60 bits per heavy atom. The molecule has 4 unspecified atom stereocenters. The molecule has 42 heavy (non-hydrogen) atoms. The summed E-state index contributed by atoms with van der Waals surface area (Å²) >= 11 is 0. The Balaban J connectivity index is 2.15. The molecule has 0 spiro atoms. The SMILES string of the molecule is NC(=O)CCC(NC(=O)C(N)Cc1ccc(O)cc1)C(=O)NC(CC(=O)O)C(=O)NC(Cc1ccc(O)cc1)C(=O)O. The van der Waals surface area contributed by atoms with E-state index in [2.05, 4.69) is 16.0 Å². The quantitative estimate of drug-likeness (QED) is 0.109. The van der Waals surface area contributed by atoms with Crippen LogP contribution >= 0.6 is 0 Å². The standard InChI is InChI=1S/C27H33N5O10/c28-18(11-14-1-5-16(33)6-2-14)24(38)30-19(9-10-22(29)35)25(39)31-20(13-23(36)37)26(40)32-21(27(41)42)12-15-3-7-17(34)8-4-15/h1-8,18-21,33-34H,9-13,28H2,(H2,29,35)(H,30,38)(H,31,39)(H,32,40)(H,36,37)(H,41,42). The van der Waals surface area contributed by atoms with Crippen molar-refractivity contribution in [2.45, 2.75) is 56.3 Å². The zero-order valence-electron chi connectivity index (χ0n) is 22.4. The van der Waals surface area contributed by atoms with Crippen LogP contribution < -0.4 is 27.4 Å². The fraction of sp³-hybridized carbons (Fsp3) is 0.333. The third kappa shape index (κ3) is 11.1. The first-order valence-corrected chi connectivity index (χ1v) is 12.7. The molecular weight excluding hydrogens is 554 g/mol. The fourth-order valence-corrected chi connectivity index (χ4v) is 3.81. The summed E-state index contributed by atoms with van der Waals surface area (Å²) in [6.07, 6.45) is -1.78. The van der Waals surface area contributed by atoms with Gasteiger partial charge in [-0.2, -0.15) is 0 Å². The molecule has 15 nitrogen and oxygen atoms in total. The second-order valence-electron chi connectivity index (χ2n) is 9.47. The topological polar surface area (TPSA) is 271 Å². The fourth-order valence-electron chi connectivity index (χ4n) is 3.81. The maximum absolute atomic E-state index is 13.1. The molecule has 226 valence electrons. The van der Waals surface area contributed by atoms with Crippen LogP contribution in [0.1, 0.15) is 30.4 Å². The lowest BCUT2D eigenvalue weighted by molar-refractivity contribution is -0.143. The molecule has 0 radical (unpaired) electrons. The van der Waals surface area contributed by atoms with Crippen LogP contribution in [0.3, 0.4) is 0 Å². The lowest BCUT2D eigenvalue weighted by Gasteiger charge is -2.24. The molecule has 0 heterocycles. The second kappa shape index (κ2) is 15.6. The molecule has 2 rings (SSSR count). The number of carbonyl (C=O) groups is 6. The molecule has 2 aromatic carbocycles. The molecule has 11 N–H and O–H groups in total. The molecule has 2 aromatic rings. The van der Waals surface area contributed by atoms with Crippen LogP contribution in [0.5, 0.6) is 11.5 Å². The molecule has 0 bridgehead atoms. The molecule has 0 saturated carbocycles. The molecule has 4 atom stereocenters. The largest absolute Gasteiger partial charge is 0.508 e. The Bertz CT molecular complexity index is 1280. The molecule has 0 aliphatic carbocycles. The van der Waals surface area contributed by atoms with Gasteiger partial charge in [0.25, 0.3) is 0 Å². The molecule has 0 aliphatic heterocycles. The van der Waals surface area contributed by atoms with Crippen LogP contribution in [0.15, 0.2) is 48.5 Å². The van der Waals surface area contributed by atoms with Gasteiger partial charge in [-0.3, -0.25) is 24.0 Å². The van der Waals surface area contributed by atoms with Crippen molar-refractivity contribution in [2.24, 2.45) is 11.5 Å². The highest BCUT2D eigenvalue weighted by Crippen LogP contribution is 2.13. The van der Waals surface area contributed by atoms with Gasteiger partial charge >= 0.3 is 11.9 Å². The van der Waals surface area contributed by atoms with Crippen LogP contribution in [-0.4, -0.2) is 80.2 Å². The minimum absolute atomic E-state index is 0.00920. The number of nitrogens with one attached hydrogen (secondary N) is 3. The number of carboxylic acids is 2. The highest BCUT2D eigenvalue weighted by atomic mass is 16.4.